The maximum Gasteiger partial charge on any atom is 0.292 e. The first-order valence-electron chi connectivity index (χ1n) is 8.05. The number of nitro groups is 1. The van der Waals surface area contributed by atoms with Crippen molar-refractivity contribution < 1.29 is 13.3 Å². The number of nitrogens with two attached hydrogens (primary N) is 1. The van der Waals surface area contributed by atoms with Gasteiger partial charge in [0.1, 0.15) is 5.69 Å². The number of hydrogen-bond donors (Lipinski definition) is 1. The Labute approximate surface area is 156 Å². The molecule has 8 heteroatoms. The Kier molecular flexibility index (Phi) is 5.09. The normalized spacial score (nSPS) is 11.1. The van der Waals surface area contributed by atoms with Crippen molar-refractivity contribution in [2.24, 2.45) is 0 Å². The van der Waals surface area contributed by atoms with Crippen LogP contribution in [0.2, 0.25) is 0 Å². The van der Waals surface area contributed by atoms with Crippen LogP contribution in [0.3, 0.4) is 0 Å². The fourth-order valence-corrected chi connectivity index (χ4v) is 4.11. The first-order valence-corrected chi connectivity index (χ1v) is 9.49. The van der Waals surface area contributed by atoms with E-state index < -0.39 is 14.9 Å². The minimum Gasteiger partial charge on any atom is -0.393 e. The van der Waals surface area contributed by atoms with Crippen LogP contribution in [0, 0.1) is 10.1 Å². The third kappa shape index (κ3) is 3.90. The number of rotatable bonds is 6. The zero-order chi connectivity index (χ0) is 19.4. The number of hydrogen-bond acceptors (Lipinski definition) is 5. The smallest absolute Gasteiger partial charge is 0.292 e. The molecule has 0 radical (unpaired) electrons. The molecule has 0 aliphatic rings. The lowest BCUT2D eigenvalue weighted by molar-refractivity contribution is -0.383. The van der Waals surface area contributed by atoms with Gasteiger partial charge in [0.15, 0.2) is 0 Å². The molecular weight excluding hydrogens is 366 g/mol. The van der Waals surface area contributed by atoms with Crippen molar-refractivity contribution in [2.75, 3.05) is 10.0 Å². The summed E-state index contributed by atoms with van der Waals surface area (Å²) in [5.74, 6) is 0. The van der Waals surface area contributed by atoms with E-state index in [0.29, 0.717) is 0 Å². The highest BCUT2D eigenvalue weighted by molar-refractivity contribution is 7.92. The Balaban J connectivity index is 2.11. The molecule has 0 bridgehead atoms. The summed E-state index contributed by atoms with van der Waals surface area (Å²) >= 11 is 0. The summed E-state index contributed by atoms with van der Waals surface area (Å²) < 4.78 is 27.6. The molecule has 0 atom stereocenters. The highest BCUT2D eigenvalue weighted by atomic mass is 32.2. The molecule has 2 N–H and O–H groups in total. The Morgan fingerprint density at radius 2 is 1.52 bits per heavy atom. The number of anilines is 2. The van der Waals surface area contributed by atoms with E-state index in [9.17, 15) is 18.5 Å². The monoisotopic (exact) mass is 383 g/mol. The first kappa shape index (κ1) is 18.4. The second-order valence-electron chi connectivity index (χ2n) is 5.81. The predicted octanol–water partition coefficient (Wildman–Crippen LogP) is 3.57. The summed E-state index contributed by atoms with van der Waals surface area (Å²) in [6, 6.07) is 21.0. The zero-order valence-electron chi connectivity index (χ0n) is 14.2. The van der Waals surface area contributed by atoms with Crippen molar-refractivity contribution in [2.45, 2.75) is 11.4 Å². The Morgan fingerprint density at radius 1 is 0.926 bits per heavy atom. The lowest BCUT2D eigenvalue weighted by Crippen LogP contribution is -2.30. The van der Waals surface area contributed by atoms with E-state index in [1.807, 2.05) is 30.3 Å². The van der Waals surface area contributed by atoms with E-state index in [-0.39, 0.29) is 28.5 Å². The maximum atomic E-state index is 13.2. The molecule has 3 aromatic rings. The van der Waals surface area contributed by atoms with Crippen molar-refractivity contribution >= 4 is 27.1 Å². The summed E-state index contributed by atoms with van der Waals surface area (Å²) in [6.07, 6.45) is 0. The lowest BCUT2D eigenvalue weighted by Gasteiger charge is -2.25. The number of nitrogens with zero attached hydrogens (tertiary/aromatic N) is 2. The van der Waals surface area contributed by atoms with Crippen molar-refractivity contribution in [1.29, 1.82) is 0 Å². The van der Waals surface area contributed by atoms with Crippen LogP contribution < -0.4 is 10.0 Å². The van der Waals surface area contributed by atoms with E-state index >= 15 is 0 Å². The minimum absolute atomic E-state index is 0.0648. The maximum absolute atomic E-state index is 13.2. The van der Waals surface area contributed by atoms with Crippen LogP contribution in [0.15, 0.2) is 83.8 Å². The quantitative estimate of drug-likeness (QED) is 0.398. The lowest BCUT2D eigenvalue weighted by atomic mass is 10.2. The van der Waals surface area contributed by atoms with Gasteiger partial charge in [-0.15, -0.1) is 0 Å². The van der Waals surface area contributed by atoms with E-state index in [4.69, 9.17) is 5.73 Å². The highest BCUT2D eigenvalue weighted by Gasteiger charge is 2.26. The third-order valence-electron chi connectivity index (χ3n) is 4.00. The molecule has 0 aliphatic heterocycles. The molecule has 0 unspecified atom stereocenters. The van der Waals surface area contributed by atoms with Gasteiger partial charge in [0.25, 0.3) is 15.7 Å². The molecule has 0 spiro atoms. The van der Waals surface area contributed by atoms with Crippen LogP contribution in [0.4, 0.5) is 17.1 Å². The van der Waals surface area contributed by atoms with Gasteiger partial charge in [-0.1, -0.05) is 48.5 Å². The molecular formula is C19H17N3O4S. The molecule has 138 valence electrons. The average molecular weight is 383 g/mol. The van der Waals surface area contributed by atoms with Crippen LogP contribution in [-0.4, -0.2) is 13.3 Å². The molecule has 7 nitrogen and oxygen atoms in total. The minimum atomic E-state index is -3.89. The molecule has 0 saturated carbocycles. The Bertz CT molecular complexity index is 1050. The van der Waals surface area contributed by atoms with Gasteiger partial charge in [-0.25, -0.2) is 8.42 Å². The van der Waals surface area contributed by atoms with E-state index in [1.54, 1.807) is 18.2 Å². The summed E-state index contributed by atoms with van der Waals surface area (Å²) in [6.45, 7) is 0.0648. The van der Waals surface area contributed by atoms with Crippen LogP contribution >= 0.6 is 0 Å². The number of nitro benzene ring substituents is 1. The van der Waals surface area contributed by atoms with E-state index in [2.05, 4.69) is 0 Å². The van der Waals surface area contributed by atoms with Crippen LogP contribution in [0.25, 0.3) is 0 Å². The Morgan fingerprint density at radius 3 is 2.07 bits per heavy atom. The molecule has 0 heterocycles. The van der Waals surface area contributed by atoms with Crippen molar-refractivity contribution in [3.63, 3.8) is 0 Å². The summed E-state index contributed by atoms with van der Waals surface area (Å²) in [4.78, 5) is 10.5. The standard InChI is InChI=1S/C19H17N3O4S/c20-18-13-16(11-12-19(18)22(23)24)21(14-15-7-3-1-4-8-15)27(25,26)17-9-5-2-6-10-17/h1-13H,14,20H2. The molecule has 0 aromatic heterocycles. The first-order chi connectivity index (χ1) is 12.9. The summed E-state index contributed by atoms with van der Waals surface area (Å²) in [7, 11) is -3.89. The number of nitrogen functional groups attached to an aromatic ring is 1. The fraction of sp³-hybridized carbons (Fsp3) is 0.0526. The molecule has 3 aromatic carbocycles. The van der Waals surface area contributed by atoms with Gasteiger partial charge in [0.2, 0.25) is 0 Å². The van der Waals surface area contributed by atoms with Gasteiger partial charge in [0.05, 0.1) is 22.1 Å². The van der Waals surface area contributed by atoms with Crippen LogP contribution in [-0.2, 0) is 16.6 Å². The second-order valence-corrected chi connectivity index (χ2v) is 7.67. The largest absolute Gasteiger partial charge is 0.393 e. The van der Waals surface area contributed by atoms with Crippen molar-refractivity contribution in [3.8, 4) is 0 Å². The van der Waals surface area contributed by atoms with Crippen molar-refractivity contribution in [1.82, 2.24) is 0 Å². The van der Waals surface area contributed by atoms with Gasteiger partial charge >= 0.3 is 0 Å². The molecule has 0 fully saturated rings. The molecule has 0 saturated heterocycles. The predicted molar refractivity (Wildman–Crippen MR) is 104 cm³/mol. The van der Waals surface area contributed by atoms with E-state index in [1.165, 1.54) is 34.6 Å². The molecule has 27 heavy (non-hydrogen) atoms. The van der Waals surface area contributed by atoms with Gasteiger partial charge in [-0.2, -0.15) is 0 Å². The molecule has 3 rings (SSSR count). The van der Waals surface area contributed by atoms with Crippen LogP contribution in [0.1, 0.15) is 5.56 Å². The molecule has 0 amide bonds. The Hall–Kier alpha value is -3.39. The van der Waals surface area contributed by atoms with Gasteiger partial charge in [-0.05, 0) is 29.8 Å². The third-order valence-corrected chi connectivity index (χ3v) is 5.78. The number of benzene rings is 3. The SMILES string of the molecule is Nc1cc(N(Cc2ccccc2)S(=O)(=O)c2ccccc2)ccc1[N+](=O)[O-]. The topological polar surface area (TPSA) is 107 Å². The highest BCUT2D eigenvalue weighted by Crippen LogP contribution is 2.31. The van der Waals surface area contributed by atoms with Gasteiger partial charge in [-0.3, -0.25) is 14.4 Å². The average Bonchev–Trinajstić information content (AvgIpc) is 2.67. The second kappa shape index (κ2) is 7.46. The molecule has 0 aliphatic carbocycles. The zero-order valence-corrected chi connectivity index (χ0v) is 15.0. The van der Waals surface area contributed by atoms with Gasteiger partial charge < -0.3 is 5.73 Å². The number of sulfonamides is 1. The summed E-state index contributed by atoms with van der Waals surface area (Å²) in [5, 5.41) is 11.0. The van der Waals surface area contributed by atoms with Gasteiger partial charge in [0, 0.05) is 6.07 Å². The van der Waals surface area contributed by atoms with E-state index in [0.717, 1.165) is 5.56 Å². The van der Waals surface area contributed by atoms with Crippen molar-refractivity contribution in [3.05, 3.63) is 94.5 Å². The fourth-order valence-electron chi connectivity index (χ4n) is 2.65. The summed E-state index contributed by atoms with van der Waals surface area (Å²) in [5.41, 5.74) is 6.43. The van der Waals surface area contributed by atoms with Crippen LogP contribution in [0.5, 0.6) is 0 Å².